The third-order valence-corrected chi connectivity index (χ3v) is 5.99. The normalized spacial score (nSPS) is 11.7. The van der Waals surface area contributed by atoms with Crippen LogP contribution in [0.1, 0.15) is 0 Å². The standard InChI is InChI=1S/C24H15NOS/c1-2-4-22-16(3-1)14-23(26-22)17-5-7-20-19(12-17)13-21(25-20)15-6-8-24-18(11-15)9-10-27-24/h1-14,25H. The summed E-state index contributed by atoms with van der Waals surface area (Å²) in [6.45, 7) is 0. The fraction of sp³-hybridized carbons (Fsp3) is 0. The van der Waals surface area contributed by atoms with E-state index >= 15 is 0 Å². The van der Waals surface area contributed by atoms with Crippen LogP contribution in [0.3, 0.4) is 0 Å². The predicted octanol–water partition coefficient (Wildman–Crippen LogP) is 7.46. The third-order valence-electron chi connectivity index (χ3n) is 5.09. The van der Waals surface area contributed by atoms with Crippen molar-refractivity contribution in [1.29, 1.82) is 0 Å². The van der Waals surface area contributed by atoms with Crippen LogP contribution in [0.2, 0.25) is 0 Å². The van der Waals surface area contributed by atoms with Gasteiger partial charge in [-0.15, -0.1) is 11.3 Å². The lowest BCUT2D eigenvalue weighted by molar-refractivity contribution is 0.631. The number of thiophene rings is 1. The molecule has 0 saturated carbocycles. The van der Waals surface area contributed by atoms with Crippen LogP contribution < -0.4 is 0 Å². The van der Waals surface area contributed by atoms with Crippen molar-refractivity contribution in [3.8, 4) is 22.6 Å². The zero-order valence-electron chi connectivity index (χ0n) is 14.4. The van der Waals surface area contributed by atoms with Crippen molar-refractivity contribution in [3.63, 3.8) is 0 Å². The number of hydrogen-bond acceptors (Lipinski definition) is 2. The summed E-state index contributed by atoms with van der Waals surface area (Å²) < 4.78 is 7.35. The molecule has 3 heteroatoms. The Balaban J connectivity index is 1.46. The molecular formula is C24H15NOS. The van der Waals surface area contributed by atoms with Gasteiger partial charge in [-0.2, -0.15) is 0 Å². The van der Waals surface area contributed by atoms with E-state index in [1.54, 1.807) is 11.3 Å². The van der Waals surface area contributed by atoms with Crippen LogP contribution in [0.5, 0.6) is 0 Å². The molecule has 0 bridgehead atoms. The molecule has 0 radical (unpaired) electrons. The number of furan rings is 1. The van der Waals surface area contributed by atoms with Gasteiger partial charge in [-0.1, -0.05) is 24.3 Å². The van der Waals surface area contributed by atoms with E-state index in [9.17, 15) is 0 Å². The summed E-state index contributed by atoms with van der Waals surface area (Å²) in [6.07, 6.45) is 0. The van der Waals surface area contributed by atoms with Gasteiger partial charge in [-0.3, -0.25) is 0 Å². The summed E-state index contributed by atoms with van der Waals surface area (Å²) in [5.74, 6) is 0.903. The summed E-state index contributed by atoms with van der Waals surface area (Å²) in [6, 6.07) is 27.7. The van der Waals surface area contributed by atoms with E-state index in [2.05, 4.69) is 71.0 Å². The molecular weight excluding hydrogens is 350 g/mol. The molecule has 3 aromatic heterocycles. The number of fused-ring (bicyclic) bond motifs is 3. The number of H-pyrrole nitrogens is 1. The summed E-state index contributed by atoms with van der Waals surface area (Å²) in [5, 5.41) is 5.75. The molecule has 2 nitrogen and oxygen atoms in total. The lowest BCUT2D eigenvalue weighted by Gasteiger charge is -1.98. The topological polar surface area (TPSA) is 28.9 Å². The fourth-order valence-electron chi connectivity index (χ4n) is 3.70. The van der Waals surface area contributed by atoms with Crippen molar-refractivity contribution in [2.45, 2.75) is 0 Å². The summed E-state index contributed by atoms with van der Waals surface area (Å²) >= 11 is 1.78. The van der Waals surface area contributed by atoms with Crippen LogP contribution in [0, 0.1) is 0 Å². The number of rotatable bonds is 2. The van der Waals surface area contributed by atoms with Gasteiger partial charge in [0.15, 0.2) is 0 Å². The Morgan fingerprint density at radius 1 is 0.704 bits per heavy atom. The molecule has 27 heavy (non-hydrogen) atoms. The second-order valence-electron chi connectivity index (χ2n) is 6.81. The van der Waals surface area contributed by atoms with Gasteiger partial charge in [0.25, 0.3) is 0 Å². The molecule has 1 N–H and O–H groups in total. The van der Waals surface area contributed by atoms with Gasteiger partial charge in [0.1, 0.15) is 11.3 Å². The first-order valence-electron chi connectivity index (χ1n) is 8.93. The molecule has 3 aromatic carbocycles. The molecule has 6 aromatic rings. The van der Waals surface area contributed by atoms with Crippen LogP contribution in [0.4, 0.5) is 0 Å². The highest BCUT2D eigenvalue weighted by Gasteiger charge is 2.09. The van der Waals surface area contributed by atoms with E-state index in [0.717, 1.165) is 33.5 Å². The Morgan fingerprint density at radius 2 is 1.59 bits per heavy atom. The molecule has 128 valence electrons. The Hall–Kier alpha value is -3.30. The van der Waals surface area contributed by atoms with E-state index in [-0.39, 0.29) is 0 Å². The van der Waals surface area contributed by atoms with Crippen molar-refractivity contribution < 1.29 is 4.42 Å². The largest absolute Gasteiger partial charge is 0.456 e. The maximum absolute atomic E-state index is 6.02. The van der Waals surface area contributed by atoms with Gasteiger partial charge < -0.3 is 9.40 Å². The average molecular weight is 365 g/mol. The summed E-state index contributed by atoms with van der Waals surface area (Å²) in [7, 11) is 0. The van der Waals surface area contributed by atoms with E-state index in [1.165, 1.54) is 21.0 Å². The van der Waals surface area contributed by atoms with Gasteiger partial charge in [0.05, 0.1) is 0 Å². The predicted molar refractivity (Wildman–Crippen MR) is 114 cm³/mol. The van der Waals surface area contributed by atoms with Gasteiger partial charge in [-0.05, 0) is 70.9 Å². The van der Waals surface area contributed by atoms with Gasteiger partial charge in [0.2, 0.25) is 0 Å². The average Bonchev–Trinajstić information content (AvgIpc) is 3.42. The first-order valence-corrected chi connectivity index (χ1v) is 9.81. The number of para-hydroxylation sites is 1. The maximum Gasteiger partial charge on any atom is 0.135 e. The monoisotopic (exact) mass is 365 g/mol. The molecule has 0 spiro atoms. The molecule has 0 aliphatic heterocycles. The minimum Gasteiger partial charge on any atom is -0.456 e. The first-order chi connectivity index (χ1) is 13.3. The lowest BCUT2D eigenvalue weighted by Crippen LogP contribution is -1.76. The van der Waals surface area contributed by atoms with Gasteiger partial charge >= 0.3 is 0 Å². The highest BCUT2D eigenvalue weighted by atomic mass is 32.1. The van der Waals surface area contributed by atoms with Crippen molar-refractivity contribution >= 4 is 43.3 Å². The van der Waals surface area contributed by atoms with Crippen molar-refractivity contribution in [1.82, 2.24) is 4.98 Å². The van der Waals surface area contributed by atoms with Crippen LogP contribution in [-0.4, -0.2) is 4.98 Å². The Labute approximate surface area is 159 Å². The minimum absolute atomic E-state index is 0.903. The maximum atomic E-state index is 6.02. The van der Waals surface area contributed by atoms with Crippen LogP contribution in [-0.2, 0) is 0 Å². The summed E-state index contributed by atoms with van der Waals surface area (Å²) in [5.41, 5.74) is 5.50. The molecule has 0 amide bonds. The Bertz CT molecular complexity index is 1400. The minimum atomic E-state index is 0.903. The zero-order valence-corrected chi connectivity index (χ0v) is 15.2. The van der Waals surface area contributed by atoms with Crippen LogP contribution in [0.15, 0.2) is 88.7 Å². The van der Waals surface area contributed by atoms with Gasteiger partial charge in [-0.25, -0.2) is 0 Å². The second kappa shape index (κ2) is 5.60. The number of benzene rings is 3. The first kappa shape index (κ1) is 14.8. The van der Waals surface area contributed by atoms with Crippen LogP contribution in [0.25, 0.3) is 54.5 Å². The van der Waals surface area contributed by atoms with E-state index in [1.807, 2.05) is 18.2 Å². The number of aromatic nitrogens is 1. The highest BCUT2D eigenvalue weighted by Crippen LogP contribution is 2.33. The van der Waals surface area contributed by atoms with Gasteiger partial charge in [0, 0.05) is 32.2 Å². The Morgan fingerprint density at radius 3 is 2.56 bits per heavy atom. The highest BCUT2D eigenvalue weighted by molar-refractivity contribution is 7.17. The summed E-state index contributed by atoms with van der Waals surface area (Å²) in [4.78, 5) is 3.55. The van der Waals surface area contributed by atoms with E-state index in [4.69, 9.17) is 4.42 Å². The molecule has 0 atom stereocenters. The number of nitrogens with one attached hydrogen (secondary N) is 1. The SMILES string of the molecule is c1ccc2oc(-c3ccc4[nH]c(-c5ccc6sccc6c5)cc4c3)cc2c1. The van der Waals surface area contributed by atoms with E-state index in [0.29, 0.717) is 0 Å². The number of aromatic amines is 1. The molecule has 0 aliphatic rings. The molecule has 0 fully saturated rings. The molecule has 6 rings (SSSR count). The third kappa shape index (κ3) is 2.40. The molecule has 3 heterocycles. The van der Waals surface area contributed by atoms with Crippen molar-refractivity contribution in [3.05, 3.63) is 84.2 Å². The zero-order chi connectivity index (χ0) is 17.8. The molecule has 0 saturated heterocycles. The fourth-order valence-corrected chi connectivity index (χ4v) is 4.47. The Kier molecular flexibility index (Phi) is 3.07. The quantitative estimate of drug-likeness (QED) is 0.339. The molecule has 0 unspecified atom stereocenters. The van der Waals surface area contributed by atoms with Crippen molar-refractivity contribution in [2.24, 2.45) is 0 Å². The second-order valence-corrected chi connectivity index (χ2v) is 7.75. The number of hydrogen-bond donors (Lipinski definition) is 1. The van der Waals surface area contributed by atoms with Crippen molar-refractivity contribution in [2.75, 3.05) is 0 Å². The molecule has 0 aliphatic carbocycles. The van der Waals surface area contributed by atoms with E-state index < -0.39 is 0 Å². The smallest absolute Gasteiger partial charge is 0.135 e. The lowest BCUT2D eigenvalue weighted by atomic mass is 10.1. The van der Waals surface area contributed by atoms with Crippen LogP contribution >= 0.6 is 11.3 Å².